The monoisotopic (exact) mass is 547 g/mol. The maximum atomic E-state index is 13.7. The van der Waals surface area contributed by atoms with Gasteiger partial charge >= 0.3 is 6.18 Å². The van der Waals surface area contributed by atoms with E-state index in [0.29, 0.717) is 34.7 Å². The average molecular weight is 548 g/mol. The van der Waals surface area contributed by atoms with Crippen LogP contribution >= 0.6 is 0 Å². The summed E-state index contributed by atoms with van der Waals surface area (Å²) in [6.07, 6.45) is -2.82. The molecule has 1 aliphatic heterocycles. The second kappa shape index (κ2) is 10.4. The van der Waals surface area contributed by atoms with Crippen molar-refractivity contribution in [1.29, 1.82) is 0 Å². The number of anilines is 1. The van der Waals surface area contributed by atoms with Crippen LogP contribution in [0.1, 0.15) is 28.4 Å². The van der Waals surface area contributed by atoms with Crippen LogP contribution in [-0.2, 0) is 12.7 Å². The van der Waals surface area contributed by atoms with Gasteiger partial charge in [-0.1, -0.05) is 19.1 Å². The zero-order chi connectivity index (χ0) is 27.9. The Morgan fingerprint density at radius 1 is 0.975 bits per heavy atom. The number of nitrogens with zero attached hydrogens (tertiary/aromatic N) is 4. The van der Waals surface area contributed by atoms with Crippen molar-refractivity contribution in [3.8, 4) is 11.4 Å². The number of likely N-dealkylation sites (N-methyl/N-ethyl adjacent to an activating group) is 1. The maximum Gasteiger partial charge on any atom is 0.416 e. The molecular formula is C29H28F3N7O. The molecular weight excluding hydrogens is 519 g/mol. The van der Waals surface area contributed by atoms with E-state index in [1.165, 1.54) is 0 Å². The average Bonchev–Trinajstić information content (AvgIpc) is 3.59. The van der Waals surface area contributed by atoms with Crippen molar-refractivity contribution in [3.63, 3.8) is 0 Å². The Kier molecular flexibility index (Phi) is 6.77. The van der Waals surface area contributed by atoms with Gasteiger partial charge in [-0.25, -0.2) is 4.98 Å². The molecule has 6 rings (SSSR count). The fraction of sp³-hybridized carbons (Fsp3) is 0.276. The summed E-state index contributed by atoms with van der Waals surface area (Å²) >= 11 is 0. The van der Waals surface area contributed by atoms with Crippen LogP contribution in [0, 0.1) is 0 Å². The van der Waals surface area contributed by atoms with Crippen LogP contribution in [0.15, 0.2) is 60.8 Å². The molecule has 3 N–H and O–H groups in total. The number of H-pyrrole nitrogens is 2. The highest BCUT2D eigenvalue weighted by Gasteiger charge is 2.32. The first-order valence-corrected chi connectivity index (χ1v) is 13.2. The Morgan fingerprint density at radius 2 is 1.77 bits per heavy atom. The van der Waals surface area contributed by atoms with Crippen molar-refractivity contribution in [2.24, 2.45) is 0 Å². The molecule has 1 saturated heterocycles. The van der Waals surface area contributed by atoms with Gasteiger partial charge in [0.25, 0.3) is 5.91 Å². The number of carbonyl (C=O) groups is 1. The number of piperazine rings is 1. The summed E-state index contributed by atoms with van der Waals surface area (Å²) in [5.41, 5.74) is 3.19. The number of hydrogen-bond acceptors (Lipinski definition) is 5. The molecule has 1 amide bonds. The van der Waals surface area contributed by atoms with Gasteiger partial charge in [-0.3, -0.25) is 14.8 Å². The van der Waals surface area contributed by atoms with Crippen LogP contribution in [0.4, 0.5) is 18.9 Å². The molecule has 11 heteroatoms. The number of hydrogen-bond donors (Lipinski definition) is 3. The topological polar surface area (TPSA) is 92.9 Å². The van der Waals surface area contributed by atoms with Crippen molar-refractivity contribution in [1.82, 2.24) is 30.0 Å². The van der Waals surface area contributed by atoms with Gasteiger partial charge in [0.05, 0.1) is 28.3 Å². The van der Waals surface area contributed by atoms with Gasteiger partial charge in [-0.05, 0) is 54.6 Å². The second-order valence-corrected chi connectivity index (χ2v) is 10.1. The number of fused-ring (bicyclic) bond motifs is 2. The molecule has 3 heterocycles. The van der Waals surface area contributed by atoms with Crippen LogP contribution in [0.5, 0.6) is 0 Å². The van der Waals surface area contributed by atoms with Gasteiger partial charge in [0.15, 0.2) is 0 Å². The molecule has 40 heavy (non-hydrogen) atoms. The molecule has 2 aromatic heterocycles. The van der Waals surface area contributed by atoms with Gasteiger partial charge < -0.3 is 15.2 Å². The highest BCUT2D eigenvalue weighted by molar-refractivity contribution is 6.05. The van der Waals surface area contributed by atoms with E-state index in [0.717, 1.165) is 61.3 Å². The van der Waals surface area contributed by atoms with E-state index < -0.39 is 17.6 Å². The number of carbonyl (C=O) groups excluding carboxylic acids is 1. The molecule has 5 aromatic rings. The number of rotatable bonds is 6. The van der Waals surface area contributed by atoms with Crippen molar-refractivity contribution in [2.45, 2.75) is 19.6 Å². The predicted molar refractivity (Wildman–Crippen MR) is 148 cm³/mol. The summed E-state index contributed by atoms with van der Waals surface area (Å²) < 4.78 is 41.2. The summed E-state index contributed by atoms with van der Waals surface area (Å²) in [4.78, 5) is 25.5. The van der Waals surface area contributed by atoms with Crippen LogP contribution in [0.3, 0.4) is 0 Å². The minimum absolute atomic E-state index is 0.0322. The van der Waals surface area contributed by atoms with E-state index in [-0.39, 0.29) is 5.56 Å². The fourth-order valence-electron chi connectivity index (χ4n) is 5.11. The Bertz CT molecular complexity index is 1680. The highest BCUT2D eigenvalue weighted by Crippen LogP contribution is 2.32. The molecule has 8 nitrogen and oxygen atoms in total. The number of nitrogens with one attached hydrogen (secondary N) is 3. The molecule has 206 valence electrons. The molecule has 1 aliphatic rings. The molecule has 0 radical (unpaired) electrons. The lowest BCUT2D eigenvalue weighted by atomic mass is 10.0. The highest BCUT2D eigenvalue weighted by atomic mass is 19.4. The van der Waals surface area contributed by atoms with Gasteiger partial charge in [-0.2, -0.15) is 18.3 Å². The summed E-state index contributed by atoms with van der Waals surface area (Å²) in [6.45, 7) is 6.69. The number of benzene rings is 3. The summed E-state index contributed by atoms with van der Waals surface area (Å²) in [7, 11) is 0. The van der Waals surface area contributed by atoms with Gasteiger partial charge in [0.2, 0.25) is 0 Å². The zero-order valence-corrected chi connectivity index (χ0v) is 21.8. The van der Waals surface area contributed by atoms with Crippen molar-refractivity contribution < 1.29 is 18.0 Å². The van der Waals surface area contributed by atoms with E-state index in [9.17, 15) is 18.0 Å². The fourth-order valence-corrected chi connectivity index (χ4v) is 5.11. The van der Waals surface area contributed by atoms with Crippen LogP contribution in [0.2, 0.25) is 0 Å². The number of imidazole rings is 1. The number of aromatic nitrogens is 4. The largest absolute Gasteiger partial charge is 0.416 e. The SMILES string of the molecule is CCN1CCN(Cc2cc(C(=O)Nc3ccc4nc(-c5ccc6cn[nH]c6c5)[nH]c4c3)cc(C(F)(F)F)c2)CC1. The first-order valence-electron chi connectivity index (χ1n) is 13.2. The van der Waals surface area contributed by atoms with Gasteiger partial charge in [0, 0.05) is 54.9 Å². The number of alkyl halides is 3. The number of amides is 1. The van der Waals surface area contributed by atoms with E-state index >= 15 is 0 Å². The molecule has 0 saturated carbocycles. The van der Waals surface area contributed by atoms with Crippen molar-refractivity contribution >= 4 is 33.5 Å². The normalized spacial score (nSPS) is 15.2. The van der Waals surface area contributed by atoms with Gasteiger partial charge in [0.1, 0.15) is 5.82 Å². The minimum atomic E-state index is -4.56. The van der Waals surface area contributed by atoms with Crippen molar-refractivity contribution in [3.05, 3.63) is 77.5 Å². The smallest absolute Gasteiger partial charge is 0.338 e. The first kappa shape index (κ1) is 26.0. The molecule has 3 aromatic carbocycles. The Balaban J connectivity index is 1.22. The lowest BCUT2D eigenvalue weighted by molar-refractivity contribution is -0.137. The molecule has 0 bridgehead atoms. The maximum absolute atomic E-state index is 13.7. The third-order valence-corrected chi connectivity index (χ3v) is 7.36. The summed E-state index contributed by atoms with van der Waals surface area (Å²) in [5, 5.41) is 10.7. The van der Waals surface area contributed by atoms with Crippen LogP contribution < -0.4 is 5.32 Å². The van der Waals surface area contributed by atoms with Crippen LogP contribution in [0.25, 0.3) is 33.3 Å². The Morgan fingerprint density at radius 3 is 2.55 bits per heavy atom. The van der Waals surface area contributed by atoms with Crippen molar-refractivity contribution in [2.75, 3.05) is 38.0 Å². The van der Waals surface area contributed by atoms with Crippen LogP contribution in [-0.4, -0.2) is 68.6 Å². The standard InChI is InChI=1S/C29H28F3N7O/c1-2-38-7-9-39(10-8-38)17-18-11-21(13-22(12-18)29(30,31)32)28(40)34-23-5-6-24-26(15-23)36-27(35-24)19-3-4-20-16-33-37-25(20)14-19/h3-6,11-16H,2,7-10,17H2,1H3,(H,33,37)(H,34,40)(H,35,36). The Hall–Kier alpha value is -4.22. The molecule has 1 fully saturated rings. The quantitative estimate of drug-likeness (QED) is 0.261. The second-order valence-electron chi connectivity index (χ2n) is 10.1. The van der Waals surface area contributed by atoms with E-state index in [1.807, 2.05) is 18.2 Å². The van der Waals surface area contributed by atoms with E-state index in [2.05, 4.69) is 42.2 Å². The third-order valence-electron chi connectivity index (χ3n) is 7.36. The lowest BCUT2D eigenvalue weighted by Crippen LogP contribution is -2.45. The van der Waals surface area contributed by atoms with Gasteiger partial charge in [-0.15, -0.1) is 0 Å². The first-order chi connectivity index (χ1) is 19.2. The predicted octanol–water partition coefficient (Wildman–Crippen LogP) is 5.51. The molecule has 0 aliphatic carbocycles. The molecule has 0 unspecified atom stereocenters. The van der Waals surface area contributed by atoms with E-state index in [4.69, 9.17) is 0 Å². The minimum Gasteiger partial charge on any atom is -0.338 e. The molecule has 0 spiro atoms. The zero-order valence-electron chi connectivity index (χ0n) is 21.8. The number of halogens is 3. The molecule has 0 atom stereocenters. The summed E-state index contributed by atoms with van der Waals surface area (Å²) in [5.74, 6) is 0.0456. The third kappa shape index (κ3) is 5.43. The number of aromatic amines is 2. The lowest BCUT2D eigenvalue weighted by Gasteiger charge is -2.34. The summed E-state index contributed by atoms with van der Waals surface area (Å²) in [6, 6.07) is 14.6. The Labute approximate surface area is 228 Å². The van der Waals surface area contributed by atoms with E-state index in [1.54, 1.807) is 30.5 Å².